The van der Waals surface area contributed by atoms with Gasteiger partial charge in [-0.1, -0.05) is 18.2 Å². The summed E-state index contributed by atoms with van der Waals surface area (Å²) in [6, 6.07) is 11.6. The van der Waals surface area contributed by atoms with Crippen LogP contribution < -0.4 is 14.8 Å². The van der Waals surface area contributed by atoms with Crippen LogP contribution in [0, 0.1) is 13.8 Å². The highest BCUT2D eigenvalue weighted by Crippen LogP contribution is 2.20. The Morgan fingerprint density at radius 1 is 1.04 bits per heavy atom. The van der Waals surface area contributed by atoms with E-state index in [1.807, 2.05) is 13.0 Å². The highest BCUT2D eigenvalue weighted by atomic mass is 32.2. The Hall–Kier alpha value is -2.91. The molecule has 2 rings (SSSR count). The number of carbonyl (C=O) groups is 2. The Balaban J connectivity index is 1.87. The molecule has 0 saturated heterocycles. The first-order valence-electron chi connectivity index (χ1n) is 8.40. The summed E-state index contributed by atoms with van der Waals surface area (Å²) in [5.41, 5.74) is 1.80. The minimum atomic E-state index is -3.65. The Kier molecular flexibility index (Phi) is 7.13. The van der Waals surface area contributed by atoms with Crippen molar-refractivity contribution in [1.82, 2.24) is 4.72 Å². The molecule has 9 heteroatoms. The molecule has 2 aromatic carbocycles. The zero-order valence-corrected chi connectivity index (χ0v) is 16.6. The van der Waals surface area contributed by atoms with Crippen molar-refractivity contribution in [3.63, 3.8) is 0 Å². The SMILES string of the molecule is CNS(=O)(=O)c1cc(NC(=O)COC(=O)COc2cccc(C)c2)ccc1C. The number of esters is 1. The monoisotopic (exact) mass is 406 g/mol. The molecule has 0 unspecified atom stereocenters. The van der Waals surface area contributed by atoms with E-state index in [2.05, 4.69) is 10.0 Å². The lowest BCUT2D eigenvalue weighted by molar-refractivity contribution is -0.149. The fraction of sp³-hybridized carbons (Fsp3) is 0.263. The first kappa shape index (κ1) is 21.4. The highest BCUT2D eigenvalue weighted by Gasteiger charge is 2.16. The van der Waals surface area contributed by atoms with Crippen LogP contribution in [0.1, 0.15) is 11.1 Å². The van der Waals surface area contributed by atoms with Gasteiger partial charge in [-0.25, -0.2) is 17.9 Å². The lowest BCUT2D eigenvalue weighted by Crippen LogP contribution is -2.24. The zero-order chi connectivity index (χ0) is 20.7. The van der Waals surface area contributed by atoms with Crippen molar-refractivity contribution < 1.29 is 27.5 Å². The van der Waals surface area contributed by atoms with Gasteiger partial charge in [0, 0.05) is 5.69 Å². The van der Waals surface area contributed by atoms with Gasteiger partial charge in [-0.05, 0) is 56.3 Å². The Morgan fingerprint density at radius 2 is 1.79 bits per heavy atom. The van der Waals surface area contributed by atoms with E-state index in [1.54, 1.807) is 37.3 Å². The average molecular weight is 406 g/mol. The van der Waals surface area contributed by atoms with Crippen LogP contribution in [0.4, 0.5) is 5.69 Å². The van der Waals surface area contributed by atoms with Gasteiger partial charge in [-0.15, -0.1) is 0 Å². The van der Waals surface area contributed by atoms with E-state index >= 15 is 0 Å². The zero-order valence-electron chi connectivity index (χ0n) is 15.8. The Labute approximate surface area is 163 Å². The van der Waals surface area contributed by atoms with E-state index in [-0.39, 0.29) is 17.2 Å². The van der Waals surface area contributed by atoms with E-state index in [0.717, 1.165) is 5.56 Å². The maximum atomic E-state index is 12.0. The van der Waals surface area contributed by atoms with Crippen molar-refractivity contribution >= 4 is 27.6 Å². The standard InChI is InChI=1S/C19H22N2O6S/c1-13-5-4-6-16(9-13)26-12-19(23)27-11-18(22)21-15-8-7-14(2)17(10-15)28(24,25)20-3/h4-10,20H,11-12H2,1-3H3,(H,21,22). The van der Waals surface area contributed by atoms with Crippen LogP contribution in [0.2, 0.25) is 0 Å². The van der Waals surface area contributed by atoms with Gasteiger partial charge in [-0.2, -0.15) is 0 Å². The molecule has 2 N–H and O–H groups in total. The molecule has 8 nitrogen and oxygen atoms in total. The quantitative estimate of drug-likeness (QED) is 0.647. The summed E-state index contributed by atoms with van der Waals surface area (Å²) >= 11 is 0. The molecule has 0 aliphatic carbocycles. The Bertz CT molecular complexity index is 972. The summed E-state index contributed by atoms with van der Waals surface area (Å²) in [5, 5.41) is 2.49. The van der Waals surface area contributed by atoms with Crippen molar-refractivity contribution in [2.45, 2.75) is 18.7 Å². The van der Waals surface area contributed by atoms with E-state index in [4.69, 9.17) is 9.47 Å². The predicted molar refractivity (Wildman–Crippen MR) is 104 cm³/mol. The molecule has 1 amide bonds. The van der Waals surface area contributed by atoms with Gasteiger partial charge >= 0.3 is 5.97 Å². The summed E-state index contributed by atoms with van der Waals surface area (Å²) in [6.45, 7) is 2.70. The number of ether oxygens (including phenoxy) is 2. The van der Waals surface area contributed by atoms with E-state index in [1.165, 1.54) is 13.1 Å². The van der Waals surface area contributed by atoms with Crippen molar-refractivity contribution in [3.05, 3.63) is 53.6 Å². The number of nitrogens with one attached hydrogen (secondary N) is 2. The topological polar surface area (TPSA) is 111 Å². The lowest BCUT2D eigenvalue weighted by atomic mass is 10.2. The average Bonchev–Trinajstić information content (AvgIpc) is 2.66. The molecule has 0 aliphatic heterocycles. The summed E-state index contributed by atoms with van der Waals surface area (Å²) in [4.78, 5) is 23.7. The number of hydrogen-bond acceptors (Lipinski definition) is 6. The minimum absolute atomic E-state index is 0.0522. The fourth-order valence-corrected chi connectivity index (χ4v) is 3.30. The van der Waals surface area contributed by atoms with Crippen molar-refractivity contribution in [1.29, 1.82) is 0 Å². The molecule has 0 saturated carbocycles. The van der Waals surface area contributed by atoms with E-state index < -0.39 is 28.5 Å². The van der Waals surface area contributed by atoms with Crippen LogP contribution in [-0.4, -0.2) is 40.6 Å². The highest BCUT2D eigenvalue weighted by molar-refractivity contribution is 7.89. The summed E-state index contributed by atoms with van der Waals surface area (Å²) in [5.74, 6) is -0.765. The third kappa shape index (κ3) is 6.07. The molecule has 0 radical (unpaired) electrons. The first-order chi connectivity index (χ1) is 13.2. The third-order valence-electron chi connectivity index (χ3n) is 3.74. The van der Waals surface area contributed by atoms with Crippen LogP contribution in [0.15, 0.2) is 47.4 Å². The van der Waals surface area contributed by atoms with Gasteiger partial charge in [0.1, 0.15) is 5.75 Å². The molecule has 0 aliphatic rings. The number of amides is 1. The normalized spacial score (nSPS) is 11.0. The second-order valence-electron chi connectivity index (χ2n) is 6.00. The molecule has 0 bridgehead atoms. The molecule has 0 spiro atoms. The number of benzene rings is 2. The summed E-state index contributed by atoms with van der Waals surface area (Å²) in [6.07, 6.45) is 0. The smallest absolute Gasteiger partial charge is 0.344 e. The van der Waals surface area contributed by atoms with Gasteiger partial charge in [0.25, 0.3) is 5.91 Å². The molecule has 150 valence electrons. The second kappa shape index (κ2) is 9.34. The predicted octanol–water partition coefficient (Wildman–Crippen LogP) is 1.77. The van der Waals surface area contributed by atoms with Gasteiger partial charge in [0.2, 0.25) is 10.0 Å². The summed E-state index contributed by atoms with van der Waals surface area (Å²) < 4.78 is 36.3. The second-order valence-corrected chi connectivity index (χ2v) is 7.86. The number of hydrogen-bond donors (Lipinski definition) is 2. The van der Waals surface area contributed by atoms with Crippen LogP contribution in [-0.2, 0) is 24.3 Å². The fourth-order valence-electron chi connectivity index (χ4n) is 2.31. The molecule has 0 fully saturated rings. The van der Waals surface area contributed by atoms with Gasteiger partial charge in [0.15, 0.2) is 13.2 Å². The molecule has 28 heavy (non-hydrogen) atoms. The van der Waals surface area contributed by atoms with Crippen molar-refractivity contribution in [2.24, 2.45) is 0 Å². The van der Waals surface area contributed by atoms with Gasteiger partial charge < -0.3 is 14.8 Å². The van der Waals surface area contributed by atoms with E-state index in [0.29, 0.717) is 11.3 Å². The Morgan fingerprint density at radius 3 is 2.46 bits per heavy atom. The molecular weight excluding hydrogens is 384 g/mol. The number of rotatable bonds is 8. The molecule has 0 heterocycles. The van der Waals surface area contributed by atoms with Crippen LogP contribution in [0.5, 0.6) is 5.75 Å². The first-order valence-corrected chi connectivity index (χ1v) is 9.89. The molecule has 0 atom stereocenters. The van der Waals surface area contributed by atoms with Crippen LogP contribution in [0.25, 0.3) is 0 Å². The van der Waals surface area contributed by atoms with E-state index in [9.17, 15) is 18.0 Å². The molecule has 2 aromatic rings. The number of aryl methyl sites for hydroxylation is 2. The maximum Gasteiger partial charge on any atom is 0.344 e. The van der Waals surface area contributed by atoms with Gasteiger partial charge in [0.05, 0.1) is 4.90 Å². The van der Waals surface area contributed by atoms with Crippen LogP contribution >= 0.6 is 0 Å². The third-order valence-corrected chi connectivity index (χ3v) is 5.30. The number of sulfonamides is 1. The minimum Gasteiger partial charge on any atom is -0.482 e. The largest absolute Gasteiger partial charge is 0.482 e. The molecular formula is C19H22N2O6S. The van der Waals surface area contributed by atoms with Crippen molar-refractivity contribution in [2.75, 3.05) is 25.6 Å². The number of anilines is 1. The lowest BCUT2D eigenvalue weighted by Gasteiger charge is -2.11. The van der Waals surface area contributed by atoms with Crippen LogP contribution in [0.3, 0.4) is 0 Å². The molecule has 0 aromatic heterocycles. The number of carbonyl (C=O) groups excluding carboxylic acids is 2. The van der Waals surface area contributed by atoms with Crippen molar-refractivity contribution in [3.8, 4) is 5.75 Å². The maximum absolute atomic E-state index is 12.0. The van der Waals surface area contributed by atoms with Gasteiger partial charge in [-0.3, -0.25) is 4.79 Å². The summed E-state index contributed by atoms with van der Waals surface area (Å²) in [7, 11) is -2.35.